The number of aromatic nitrogens is 4. The molecule has 0 aliphatic rings. The second kappa shape index (κ2) is 8.37. The molecular formula is C20H19ClN6O2S. The van der Waals surface area contributed by atoms with Gasteiger partial charge in [0.1, 0.15) is 11.2 Å². The van der Waals surface area contributed by atoms with Crippen LogP contribution in [0.15, 0.2) is 46.2 Å². The Morgan fingerprint density at radius 3 is 2.97 bits per heavy atom. The average Bonchev–Trinajstić information content (AvgIpc) is 3.37. The molecule has 0 spiro atoms. The van der Waals surface area contributed by atoms with Crippen LogP contribution >= 0.6 is 23.4 Å². The van der Waals surface area contributed by atoms with Crippen molar-refractivity contribution in [3.8, 4) is 5.69 Å². The maximum atomic E-state index is 12.3. The Kier molecular flexibility index (Phi) is 5.65. The summed E-state index contributed by atoms with van der Waals surface area (Å²) < 4.78 is 6.93. The highest BCUT2D eigenvalue weighted by atomic mass is 35.5. The molecule has 0 aliphatic carbocycles. The van der Waals surface area contributed by atoms with Gasteiger partial charge in [-0.2, -0.15) is 5.10 Å². The summed E-state index contributed by atoms with van der Waals surface area (Å²) in [6.07, 6.45) is 1.56. The molecule has 3 aromatic heterocycles. The molecule has 154 valence electrons. The Balaban J connectivity index is 1.68. The maximum Gasteiger partial charge on any atom is 0.230 e. The van der Waals surface area contributed by atoms with Gasteiger partial charge in [0, 0.05) is 10.7 Å². The lowest BCUT2D eigenvalue weighted by Gasteiger charge is -2.15. The molecule has 3 heterocycles. The number of H-pyrrole nitrogens is 1. The lowest BCUT2D eigenvalue weighted by Crippen LogP contribution is -2.26. The van der Waals surface area contributed by atoms with E-state index in [1.807, 2.05) is 19.9 Å². The third kappa shape index (κ3) is 3.99. The van der Waals surface area contributed by atoms with Crippen LogP contribution in [0.3, 0.4) is 0 Å². The van der Waals surface area contributed by atoms with Gasteiger partial charge in [0.05, 0.1) is 29.6 Å². The predicted octanol–water partition coefficient (Wildman–Crippen LogP) is 3.50. The second-order valence-electron chi connectivity index (χ2n) is 6.70. The standard InChI is InChI=1S/C20H19ClN6O2S/c1-11-5-6-13(21)8-15(11)27-18(22)17-12(2)25-26-19(17)24-20(27)30-10-16(28)23-9-14-4-3-7-29-14/h3-8,22H,9-10H2,1-2H3,(H,23,28)(H,25,26). The highest BCUT2D eigenvalue weighted by Crippen LogP contribution is 2.25. The lowest BCUT2D eigenvalue weighted by molar-refractivity contribution is -0.118. The number of aryl methyl sites for hydroxylation is 2. The van der Waals surface area contributed by atoms with E-state index < -0.39 is 0 Å². The number of carbonyl (C=O) groups is 1. The van der Waals surface area contributed by atoms with Crippen LogP contribution in [0.25, 0.3) is 16.7 Å². The van der Waals surface area contributed by atoms with E-state index >= 15 is 0 Å². The number of amides is 1. The minimum atomic E-state index is -0.169. The first-order valence-corrected chi connectivity index (χ1v) is 10.5. The van der Waals surface area contributed by atoms with Crippen molar-refractivity contribution in [2.45, 2.75) is 25.5 Å². The monoisotopic (exact) mass is 442 g/mol. The third-order valence-corrected chi connectivity index (χ3v) is 5.74. The summed E-state index contributed by atoms with van der Waals surface area (Å²) in [7, 11) is 0. The number of rotatable bonds is 6. The smallest absolute Gasteiger partial charge is 0.230 e. The molecule has 8 nitrogen and oxygen atoms in total. The minimum Gasteiger partial charge on any atom is -0.467 e. The highest BCUT2D eigenvalue weighted by molar-refractivity contribution is 7.99. The molecule has 0 bridgehead atoms. The zero-order valence-corrected chi connectivity index (χ0v) is 17.9. The largest absolute Gasteiger partial charge is 0.467 e. The van der Waals surface area contributed by atoms with Crippen LogP contribution in [0.5, 0.6) is 0 Å². The topological polar surface area (TPSA) is 113 Å². The zero-order chi connectivity index (χ0) is 21.3. The van der Waals surface area contributed by atoms with Crippen LogP contribution in [0.4, 0.5) is 0 Å². The minimum absolute atomic E-state index is 0.127. The van der Waals surface area contributed by atoms with Crippen molar-refractivity contribution in [3.63, 3.8) is 0 Å². The fourth-order valence-electron chi connectivity index (χ4n) is 3.05. The second-order valence-corrected chi connectivity index (χ2v) is 8.08. The average molecular weight is 443 g/mol. The van der Waals surface area contributed by atoms with Crippen molar-refractivity contribution < 1.29 is 9.21 Å². The number of nitrogens with zero attached hydrogens (tertiary/aromatic N) is 3. The van der Waals surface area contributed by atoms with E-state index in [0.29, 0.717) is 33.5 Å². The number of hydrogen-bond acceptors (Lipinski definition) is 6. The van der Waals surface area contributed by atoms with Crippen LogP contribution in [0.1, 0.15) is 17.0 Å². The molecule has 1 aromatic carbocycles. The summed E-state index contributed by atoms with van der Waals surface area (Å²) in [5.41, 5.74) is 3.09. The van der Waals surface area contributed by atoms with Crippen LogP contribution in [0, 0.1) is 19.3 Å². The van der Waals surface area contributed by atoms with Crippen molar-refractivity contribution in [1.29, 1.82) is 5.41 Å². The molecule has 0 saturated carbocycles. The summed E-state index contributed by atoms with van der Waals surface area (Å²) in [5, 5.41) is 20.3. The zero-order valence-electron chi connectivity index (χ0n) is 16.3. The van der Waals surface area contributed by atoms with Gasteiger partial charge in [0.15, 0.2) is 10.8 Å². The molecule has 4 rings (SSSR count). The van der Waals surface area contributed by atoms with Gasteiger partial charge in [0.2, 0.25) is 5.91 Å². The number of aromatic amines is 1. The third-order valence-electron chi connectivity index (χ3n) is 4.57. The van der Waals surface area contributed by atoms with Crippen LogP contribution < -0.4 is 10.8 Å². The van der Waals surface area contributed by atoms with E-state index in [-0.39, 0.29) is 17.1 Å². The molecule has 30 heavy (non-hydrogen) atoms. The summed E-state index contributed by atoms with van der Waals surface area (Å²) >= 11 is 7.46. The first-order valence-electron chi connectivity index (χ1n) is 9.15. The van der Waals surface area contributed by atoms with E-state index in [1.165, 1.54) is 11.8 Å². The summed E-state index contributed by atoms with van der Waals surface area (Å²) in [4.78, 5) is 16.9. The van der Waals surface area contributed by atoms with E-state index in [2.05, 4.69) is 20.5 Å². The van der Waals surface area contributed by atoms with Crippen molar-refractivity contribution in [3.05, 3.63) is 64.1 Å². The molecule has 0 radical (unpaired) electrons. The Morgan fingerprint density at radius 1 is 1.37 bits per heavy atom. The Hall–Kier alpha value is -3.04. The van der Waals surface area contributed by atoms with Gasteiger partial charge in [-0.25, -0.2) is 4.98 Å². The van der Waals surface area contributed by atoms with Crippen molar-refractivity contribution in [1.82, 2.24) is 25.1 Å². The predicted molar refractivity (Wildman–Crippen MR) is 115 cm³/mol. The molecule has 0 atom stereocenters. The number of fused-ring (bicyclic) bond motifs is 1. The van der Waals surface area contributed by atoms with Gasteiger partial charge >= 0.3 is 0 Å². The summed E-state index contributed by atoms with van der Waals surface area (Å²) in [6.45, 7) is 4.10. The molecule has 10 heteroatoms. The van der Waals surface area contributed by atoms with Crippen LogP contribution in [0.2, 0.25) is 5.02 Å². The molecule has 3 N–H and O–H groups in total. The van der Waals surface area contributed by atoms with Crippen molar-refractivity contribution in [2.75, 3.05) is 5.75 Å². The number of nitrogens with one attached hydrogen (secondary N) is 3. The number of benzene rings is 1. The van der Waals surface area contributed by atoms with Gasteiger partial charge in [-0.1, -0.05) is 29.4 Å². The van der Waals surface area contributed by atoms with E-state index in [4.69, 9.17) is 21.4 Å². The van der Waals surface area contributed by atoms with Gasteiger partial charge in [-0.15, -0.1) is 0 Å². The van der Waals surface area contributed by atoms with Gasteiger partial charge in [0.25, 0.3) is 0 Å². The van der Waals surface area contributed by atoms with Crippen molar-refractivity contribution in [2.24, 2.45) is 0 Å². The molecular weight excluding hydrogens is 424 g/mol. The van der Waals surface area contributed by atoms with E-state index in [0.717, 1.165) is 16.9 Å². The first kappa shape index (κ1) is 20.2. The Bertz CT molecular complexity index is 1280. The Labute approximate surface area is 181 Å². The van der Waals surface area contributed by atoms with Crippen molar-refractivity contribution >= 4 is 40.3 Å². The molecule has 1 amide bonds. The number of thioether (sulfide) groups is 1. The molecule has 4 aromatic rings. The van der Waals surface area contributed by atoms with Gasteiger partial charge in [-0.05, 0) is 43.7 Å². The lowest BCUT2D eigenvalue weighted by atomic mass is 10.2. The number of carbonyl (C=O) groups excluding carboxylic acids is 1. The molecule has 0 unspecified atom stereocenters. The van der Waals surface area contributed by atoms with Gasteiger partial charge in [-0.3, -0.25) is 19.9 Å². The Morgan fingerprint density at radius 2 is 2.20 bits per heavy atom. The number of halogens is 1. The SMILES string of the molecule is Cc1ccc(Cl)cc1-n1c(SCC(=O)NCc2ccco2)nc2n[nH]c(C)c2c1=N. The number of furan rings is 1. The van der Waals surface area contributed by atoms with Gasteiger partial charge < -0.3 is 9.73 Å². The van der Waals surface area contributed by atoms with E-state index in [1.54, 1.807) is 35.1 Å². The van der Waals surface area contributed by atoms with E-state index in [9.17, 15) is 4.79 Å². The normalized spacial score (nSPS) is 11.2. The first-order chi connectivity index (χ1) is 14.4. The van der Waals surface area contributed by atoms with Crippen LogP contribution in [-0.2, 0) is 11.3 Å². The fourth-order valence-corrected chi connectivity index (χ4v) is 4.05. The maximum absolute atomic E-state index is 12.3. The highest BCUT2D eigenvalue weighted by Gasteiger charge is 2.17. The summed E-state index contributed by atoms with van der Waals surface area (Å²) in [6, 6.07) is 9.05. The molecule has 0 fully saturated rings. The van der Waals surface area contributed by atoms with Crippen LogP contribution in [-0.4, -0.2) is 31.4 Å². The fraction of sp³-hybridized carbons (Fsp3) is 0.200. The molecule has 0 saturated heterocycles. The molecule has 0 aliphatic heterocycles. The quantitative estimate of drug-likeness (QED) is 0.312. The summed E-state index contributed by atoms with van der Waals surface area (Å²) in [5.74, 6) is 0.636. The number of hydrogen-bond donors (Lipinski definition) is 3.